The van der Waals surface area contributed by atoms with Gasteiger partial charge in [0.1, 0.15) is 18.4 Å². The minimum Gasteiger partial charge on any atom is -0.491 e. The maximum absolute atomic E-state index is 11.6. The number of carbonyl (C=O) groups is 1. The summed E-state index contributed by atoms with van der Waals surface area (Å²) >= 11 is 0. The van der Waals surface area contributed by atoms with Crippen molar-refractivity contribution < 1.29 is 19.2 Å². The van der Waals surface area contributed by atoms with Gasteiger partial charge >= 0.3 is 5.97 Å². The Balaban J connectivity index is 2.69. The maximum Gasteiger partial charge on any atom is 0.326 e. The van der Waals surface area contributed by atoms with E-state index < -0.39 is 16.9 Å². The van der Waals surface area contributed by atoms with E-state index in [1.807, 2.05) is 13.8 Å². The largest absolute Gasteiger partial charge is 0.491 e. The minimum absolute atomic E-state index is 0.0338. The second-order valence-corrected chi connectivity index (χ2v) is 4.46. The van der Waals surface area contributed by atoms with E-state index in [1.165, 1.54) is 25.3 Å². The number of benzene rings is 1. The van der Waals surface area contributed by atoms with Crippen LogP contribution in [0.5, 0.6) is 5.75 Å². The summed E-state index contributed by atoms with van der Waals surface area (Å²) in [6.45, 7) is 3.82. The lowest BCUT2D eigenvalue weighted by atomic mass is 10.2. The number of hydrogen-bond acceptors (Lipinski definition) is 6. The molecule has 0 saturated heterocycles. The van der Waals surface area contributed by atoms with Crippen molar-refractivity contribution in [3.8, 4) is 5.75 Å². The number of carbonyl (C=O) groups excluding carboxylic acids is 1. The van der Waals surface area contributed by atoms with E-state index in [2.05, 4.69) is 10.1 Å². The van der Waals surface area contributed by atoms with Gasteiger partial charge in [-0.3, -0.25) is 20.2 Å². The molecule has 0 aliphatic rings. The van der Waals surface area contributed by atoms with E-state index >= 15 is 0 Å². The summed E-state index contributed by atoms with van der Waals surface area (Å²) in [6.07, 6.45) is 0. The molecule has 0 amide bonds. The number of non-ortho nitro benzene ring substituents is 1. The Kier molecular flexibility index (Phi) is 5.92. The number of nitrogens with zero attached hydrogens (tertiary/aromatic N) is 1. The predicted molar refractivity (Wildman–Crippen MR) is 72.7 cm³/mol. The summed E-state index contributed by atoms with van der Waals surface area (Å²) < 4.78 is 10.1. The fraction of sp³-hybridized carbons (Fsp3) is 0.462. The van der Waals surface area contributed by atoms with Gasteiger partial charge in [0.25, 0.3) is 5.69 Å². The second kappa shape index (κ2) is 7.44. The molecule has 1 rings (SSSR count). The molecule has 110 valence electrons. The summed E-state index contributed by atoms with van der Waals surface area (Å²) in [5, 5.41) is 13.7. The molecule has 1 atom stereocenters. The quantitative estimate of drug-likeness (QED) is 0.463. The van der Waals surface area contributed by atoms with Crippen LogP contribution < -0.4 is 10.1 Å². The Morgan fingerprint density at radius 1 is 1.45 bits per heavy atom. The van der Waals surface area contributed by atoms with Crippen LogP contribution in [0.3, 0.4) is 0 Å². The number of nitro benzene ring substituents is 1. The first-order valence-electron chi connectivity index (χ1n) is 6.15. The first-order valence-corrected chi connectivity index (χ1v) is 6.15. The third-order valence-electron chi connectivity index (χ3n) is 2.47. The summed E-state index contributed by atoms with van der Waals surface area (Å²) in [7, 11) is 1.30. The summed E-state index contributed by atoms with van der Waals surface area (Å²) in [5.74, 6) is -0.109. The Morgan fingerprint density at radius 2 is 2.15 bits per heavy atom. The number of ether oxygens (including phenoxy) is 2. The van der Waals surface area contributed by atoms with Crippen molar-refractivity contribution in [1.82, 2.24) is 5.32 Å². The molecule has 0 bridgehead atoms. The van der Waals surface area contributed by atoms with Gasteiger partial charge in [0.2, 0.25) is 0 Å². The molecule has 0 radical (unpaired) electrons. The first kappa shape index (κ1) is 15.9. The molecule has 0 aromatic heterocycles. The molecule has 1 unspecified atom stereocenters. The number of esters is 1. The number of hydrogen-bond donors (Lipinski definition) is 1. The fourth-order valence-corrected chi connectivity index (χ4v) is 1.60. The van der Waals surface area contributed by atoms with E-state index in [1.54, 1.807) is 6.07 Å². The molecule has 1 N–H and O–H groups in total. The zero-order chi connectivity index (χ0) is 15.1. The molecule has 0 spiro atoms. The van der Waals surface area contributed by atoms with Gasteiger partial charge in [-0.05, 0) is 6.07 Å². The molecule has 0 heterocycles. The number of nitrogens with one attached hydrogen (secondary N) is 1. The SMILES string of the molecule is COC(=O)C(COc1cccc([N+](=O)[O-])c1)NC(C)C. The van der Waals surface area contributed by atoms with Crippen LogP contribution in [0.1, 0.15) is 13.8 Å². The normalized spacial score (nSPS) is 12.0. The van der Waals surface area contributed by atoms with E-state index in [4.69, 9.17) is 4.74 Å². The number of nitro groups is 1. The van der Waals surface area contributed by atoms with Gasteiger partial charge in [0, 0.05) is 12.1 Å². The Bertz CT molecular complexity index is 476. The number of rotatable bonds is 7. The summed E-state index contributed by atoms with van der Waals surface area (Å²) in [6, 6.07) is 5.25. The third kappa shape index (κ3) is 4.85. The first-order chi connectivity index (χ1) is 9.43. The van der Waals surface area contributed by atoms with Crippen LogP contribution in [0.4, 0.5) is 5.69 Å². The molecule has 0 aliphatic heterocycles. The molecule has 0 aliphatic carbocycles. The topological polar surface area (TPSA) is 90.7 Å². The summed E-state index contributed by atoms with van der Waals surface area (Å²) in [5.41, 5.74) is -0.0612. The van der Waals surface area contributed by atoms with E-state index in [-0.39, 0.29) is 18.3 Å². The van der Waals surface area contributed by atoms with Crippen LogP contribution in [-0.4, -0.2) is 36.7 Å². The Hall–Kier alpha value is -2.15. The average Bonchev–Trinajstić information content (AvgIpc) is 2.42. The molecule has 7 nitrogen and oxygen atoms in total. The highest BCUT2D eigenvalue weighted by atomic mass is 16.6. The van der Waals surface area contributed by atoms with Gasteiger partial charge in [0.05, 0.1) is 18.1 Å². The van der Waals surface area contributed by atoms with Crippen molar-refractivity contribution in [2.45, 2.75) is 25.9 Å². The van der Waals surface area contributed by atoms with Crippen LogP contribution in [0.25, 0.3) is 0 Å². The highest BCUT2D eigenvalue weighted by Gasteiger charge is 2.21. The van der Waals surface area contributed by atoms with Crippen LogP contribution in [0, 0.1) is 10.1 Å². The molecule has 20 heavy (non-hydrogen) atoms. The summed E-state index contributed by atoms with van der Waals surface area (Å²) in [4.78, 5) is 21.7. The van der Waals surface area contributed by atoms with Crippen molar-refractivity contribution in [2.24, 2.45) is 0 Å². The van der Waals surface area contributed by atoms with Crippen molar-refractivity contribution in [3.05, 3.63) is 34.4 Å². The van der Waals surface area contributed by atoms with E-state index in [0.717, 1.165) is 0 Å². The van der Waals surface area contributed by atoms with Crippen LogP contribution in [0.2, 0.25) is 0 Å². The minimum atomic E-state index is -0.626. The van der Waals surface area contributed by atoms with Crippen molar-refractivity contribution in [2.75, 3.05) is 13.7 Å². The second-order valence-electron chi connectivity index (χ2n) is 4.46. The fourth-order valence-electron chi connectivity index (χ4n) is 1.60. The zero-order valence-corrected chi connectivity index (χ0v) is 11.7. The van der Waals surface area contributed by atoms with E-state index in [0.29, 0.717) is 5.75 Å². The lowest BCUT2D eigenvalue weighted by molar-refractivity contribution is -0.384. The van der Waals surface area contributed by atoms with E-state index in [9.17, 15) is 14.9 Å². The monoisotopic (exact) mass is 282 g/mol. The molecule has 0 fully saturated rings. The van der Waals surface area contributed by atoms with Gasteiger partial charge in [-0.25, -0.2) is 0 Å². The highest BCUT2D eigenvalue weighted by Crippen LogP contribution is 2.19. The maximum atomic E-state index is 11.6. The van der Waals surface area contributed by atoms with Crippen molar-refractivity contribution >= 4 is 11.7 Å². The highest BCUT2D eigenvalue weighted by molar-refractivity contribution is 5.75. The lowest BCUT2D eigenvalue weighted by Gasteiger charge is -2.19. The molecule has 1 aromatic carbocycles. The average molecular weight is 282 g/mol. The van der Waals surface area contributed by atoms with Crippen molar-refractivity contribution in [1.29, 1.82) is 0 Å². The standard InChI is InChI=1S/C13H18N2O5/c1-9(2)14-12(13(16)19-3)8-20-11-6-4-5-10(7-11)15(17)18/h4-7,9,12,14H,8H2,1-3H3. The van der Waals surface area contributed by atoms with Crippen molar-refractivity contribution in [3.63, 3.8) is 0 Å². The predicted octanol–water partition coefficient (Wildman–Crippen LogP) is 1.51. The third-order valence-corrected chi connectivity index (χ3v) is 2.47. The van der Waals surface area contributed by atoms with Gasteiger partial charge in [-0.2, -0.15) is 0 Å². The van der Waals surface area contributed by atoms with Crippen LogP contribution >= 0.6 is 0 Å². The van der Waals surface area contributed by atoms with Gasteiger partial charge < -0.3 is 9.47 Å². The van der Waals surface area contributed by atoms with Gasteiger partial charge in [-0.15, -0.1) is 0 Å². The molecule has 1 aromatic rings. The molecule has 7 heteroatoms. The van der Waals surface area contributed by atoms with Gasteiger partial charge in [0.15, 0.2) is 0 Å². The van der Waals surface area contributed by atoms with Crippen LogP contribution in [0.15, 0.2) is 24.3 Å². The zero-order valence-electron chi connectivity index (χ0n) is 11.7. The molecule has 0 saturated carbocycles. The molecular weight excluding hydrogens is 264 g/mol. The van der Waals surface area contributed by atoms with Crippen LogP contribution in [-0.2, 0) is 9.53 Å². The smallest absolute Gasteiger partial charge is 0.326 e. The lowest BCUT2D eigenvalue weighted by Crippen LogP contribution is -2.45. The Morgan fingerprint density at radius 3 is 2.70 bits per heavy atom. The Labute approximate surface area is 117 Å². The van der Waals surface area contributed by atoms with Gasteiger partial charge in [-0.1, -0.05) is 19.9 Å². The number of methoxy groups -OCH3 is 1. The molecular formula is C13H18N2O5.